The average molecular weight is 732 g/mol. The Labute approximate surface area is 298 Å². The summed E-state index contributed by atoms with van der Waals surface area (Å²) in [4.78, 5) is 71.3. The van der Waals surface area contributed by atoms with E-state index in [1.165, 1.54) is 15.9 Å². The van der Waals surface area contributed by atoms with Crippen molar-refractivity contribution in [1.29, 1.82) is 0 Å². The maximum Gasteiger partial charge on any atom is 0.410 e. The maximum atomic E-state index is 14.4. The van der Waals surface area contributed by atoms with Crippen LogP contribution in [-0.4, -0.2) is 83.5 Å². The van der Waals surface area contributed by atoms with E-state index in [2.05, 4.69) is 15.4 Å². The molecule has 2 saturated carbocycles. The van der Waals surface area contributed by atoms with Gasteiger partial charge >= 0.3 is 6.09 Å². The third-order valence-corrected chi connectivity index (χ3v) is 12.5. The minimum absolute atomic E-state index is 0.0186. The number of fused-ring (bicyclic) bond motifs is 3. The fraction of sp³-hybridized carbons (Fsp3) is 0.694. The van der Waals surface area contributed by atoms with Gasteiger partial charge in [-0.3, -0.25) is 28.8 Å². The fourth-order valence-electron chi connectivity index (χ4n) is 7.71. The number of benzene rings is 1. The van der Waals surface area contributed by atoms with Crippen LogP contribution in [0, 0.1) is 17.2 Å². The summed E-state index contributed by atoms with van der Waals surface area (Å²) < 4.78 is 48.0. The predicted molar refractivity (Wildman–Crippen MR) is 183 cm³/mol. The molecule has 3 heterocycles. The van der Waals surface area contributed by atoms with E-state index < -0.39 is 68.6 Å². The van der Waals surface area contributed by atoms with Crippen molar-refractivity contribution in [3.8, 4) is 0 Å². The summed E-state index contributed by atoms with van der Waals surface area (Å²) in [5, 5.41) is 5.13. The van der Waals surface area contributed by atoms with E-state index in [0.29, 0.717) is 43.2 Å². The van der Waals surface area contributed by atoms with Gasteiger partial charge < -0.3 is 20.3 Å². The Morgan fingerprint density at radius 1 is 1.02 bits per heavy atom. The van der Waals surface area contributed by atoms with Gasteiger partial charge in [0.15, 0.2) is 0 Å². The number of nitrogens with zero attached hydrogens (tertiary/aromatic N) is 2. The molecule has 51 heavy (non-hydrogen) atoms. The van der Waals surface area contributed by atoms with Crippen LogP contribution < -0.4 is 15.4 Å². The second kappa shape index (κ2) is 14.3. The average Bonchev–Trinajstić information content (AvgIpc) is 3.93. The minimum Gasteiger partial charge on any atom is -0.444 e. The van der Waals surface area contributed by atoms with Crippen molar-refractivity contribution in [3.63, 3.8) is 0 Å². The fourth-order valence-corrected chi connectivity index (χ4v) is 9.07. The smallest absolute Gasteiger partial charge is 0.410 e. The highest BCUT2D eigenvalue weighted by Gasteiger charge is 2.62. The number of hydrogen-bond donors (Lipinski definition) is 3. The molecule has 0 bridgehead atoms. The quantitative estimate of drug-likeness (QED) is 0.400. The highest BCUT2D eigenvalue weighted by atomic mass is 32.2. The molecule has 6 rings (SSSR count). The molecule has 2 aliphatic carbocycles. The number of carbonyl (C=O) groups is 5. The van der Waals surface area contributed by atoms with Crippen LogP contribution in [-0.2, 0) is 47.0 Å². The van der Waals surface area contributed by atoms with E-state index >= 15 is 0 Å². The topological polar surface area (TPSA) is 171 Å². The Morgan fingerprint density at radius 2 is 1.73 bits per heavy atom. The first-order valence-corrected chi connectivity index (χ1v) is 19.8. The molecular formula is C36H50FN5O8S. The molecule has 13 nitrogen and oxygen atoms in total. The highest BCUT2D eigenvalue weighted by Crippen LogP contribution is 2.48. The van der Waals surface area contributed by atoms with Gasteiger partial charge in [0.2, 0.25) is 27.7 Å². The Hall–Kier alpha value is -3.75. The number of carbonyl (C=O) groups excluding carboxylic acids is 5. The van der Waals surface area contributed by atoms with Gasteiger partial charge in [-0.2, -0.15) is 0 Å². The molecule has 0 aromatic heterocycles. The lowest BCUT2D eigenvalue weighted by Crippen LogP contribution is -2.58. The monoisotopic (exact) mass is 731 g/mol. The molecule has 280 valence electrons. The number of halogens is 1. The van der Waals surface area contributed by atoms with Gasteiger partial charge in [-0.1, -0.05) is 65.0 Å². The van der Waals surface area contributed by atoms with E-state index in [0.717, 1.165) is 25.7 Å². The SMILES string of the molecule is CC(C)(C)CC(=O)N[C@H]1CCCCCCC[C@@H]2C[C@@]2(C(=O)NS(=O)(=O)C2CC2)NC(=O)[C@@H]2C[C@@H](OC(=O)N3Cc4cccc(F)c4C3)CN2C1=O. The number of rotatable bonds is 6. The van der Waals surface area contributed by atoms with Gasteiger partial charge in [-0.05, 0) is 55.1 Å². The first-order chi connectivity index (χ1) is 24.1. The first kappa shape index (κ1) is 37.0. The zero-order chi connectivity index (χ0) is 36.7. The Kier molecular flexibility index (Phi) is 10.4. The number of ether oxygens (including phenoxy) is 1. The van der Waals surface area contributed by atoms with Crippen LogP contribution in [0.1, 0.15) is 109 Å². The number of amides is 5. The largest absolute Gasteiger partial charge is 0.444 e. The lowest BCUT2D eigenvalue weighted by molar-refractivity contribution is -0.142. The van der Waals surface area contributed by atoms with Gasteiger partial charge in [0, 0.05) is 24.9 Å². The third-order valence-electron chi connectivity index (χ3n) is 10.7. The molecule has 5 aliphatic rings. The van der Waals surface area contributed by atoms with Crippen molar-refractivity contribution >= 4 is 39.7 Å². The Bertz CT molecular complexity index is 1680. The maximum absolute atomic E-state index is 14.4. The number of sulfonamides is 1. The van der Waals surface area contributed by atoms with Gasteiger partial charge in [-0.15, -0.1) is 0 Å². The summed E-state index contributed by atoms with van der Waals surface area (Å²) in [6, 6.07) is 2.55. The van der Waals surface area contributed by atoms with Crippen LogP contribution >= 0.6 is 0 Å². The lowest BCUT2D eigenvalue weighted by atomic mass is 9.91. The summed E-state index contributed by atoms with van der Waals surface area (Å²) in [5.74, 6) is -2.92. The van der Waals surface area contributed by atoms with E-state index in [9.17, 15) is 36.8 Å². The van der Waals surface area contributed by atoms with Crippen molar-refractivity contribution in [2.75, 3.05) is 6.54 Å². The normalized spacial score (nSPS) is 28.7. The molecule has 3 aliphatic heterocycles. The zero-order valence-electron chi connectivity index (χ0n) is 29.7. The predicted octanol–water partition coefficient (Wildman–Crippen LogP) is 3.40. The summed E-state index contributed by atoms with van der Waals surface area (Å²) >= 11 is 0. The van der Waals surface area contributed by atoms with E-state index in [1.807, 2.05) is 20.8 Å². The molecule has 0 unspecified atom stereocenters. The second-order valence-corrected chi connectivity index (χ2v) is 18.2. The molecule has 3 N–H and O–H groups in total. The van der Waals surface area contributed by atoms with Crippen LogP contribution in [0.2, 0.25) is 0 Å². The van der Waals surface area contributed by atoms with E-state index in [4.69, 9.17) is 4.74 Å². The van der Waals surface area contributed by atoms with Crippen molar-refractivity contribution in [2.45, 2.75) is 140 Å². The number of nitrogens with one attached hydrogen (secondary N) is 3. The van der Waals surface area contributed by atoms with Crippen LogP contribution in [0.3, 0.4) is 0 Å². The molecule has 4 fully saturated rings. The molecule has 0 spiro atoms. The van der Waals surface area contributed by atoms with Crippen molar-refractivity contribution in [2.24, 2.45) is 11.3 Å². The van der Waals surface area contributed by atoms with E-state index in [1.54, 1.807) is 12.1 Å². The summed E-state index contributed by atoms with van der Waals surface area (Å²) in [5.41, 5.74) is -0.707. The van der Waals surface area contributed by atoms with Crippen molar-refractivity contribution in [1.82, 2.24) is 25.2 Å². The van der Waals surface area contributed by atoms with Gasteiger partial charge in [0.05, 0.1) is 18.3 Å². The molecule has 2 saturated heterocycles. The Balaban J connectivity index is 1.24. The Morgan fingerprint density at radius 3 is 2.41 bits per heavy atom. The molecule has 1 aromatic rings. The third kappa shape index (κ3) is 8.49. The van der Waals surface area contributed by atoms with Crippen LogP contribution in [0.15, 0.2) is 18.2 Å². The van der Waals surface area contributed by atoms with Crippen molar-refractivity contribution < 1.29 is 41.5 Å². The van der Waals surface area contributed by atoms with Crippen LogP contribution in [0.25, 0.3) is 0 Å². The lowest BCUT2D eigenvalue weighted by Gasteiger charge is -2.30. The van der Waals surface area contributed by atoms with E-state index in [-0.39, 0.29) is 56.1 Å². The number of hydrogen-bond acceptors (Lipinski definition) is 8. The zero-order valence-corrected chi connectivity index (χ0v) is 30.5. The highest BCUT2D eigenvalue weighted by molar-refractivity contribution is 7.91. The van der Waals surface area contributed by atoms with Gasteiger partial charge in [0.1, 0.15) is 29.5 Å². The van der Waals surface area contributed by atoms with Crippen LogP contribution in [0.5, 0.6) is 0 Å². The molecule has 1 aromatic carbocycles. The minimum atomic E-state index is -3.88. The second-order valence-electron chi connectivity index (χ2n) is 16.2. The van der Waals surface area contributed by atoms with Crippen molar-refractivity contribution in [3.05, 3.63) is 35.1 Å². The van der Waals surface area contributed by atoms with Gasteiger partial charge in [0.25, 0.3) is 5.91 Å². The van der Waals surface area contributed by atoms with Gasteiger partial charge in [-0.25, -0.2) is 17.6 Å². The summed E-state index contributed by atoms with van der Waals surface area (Å²) in [7, 11) is -3.88. The van der Waals surface area contributed by atoms with Crippen LogP contribution in [0.4, 0.5) is 9.18 Å². The first-order valence-electron chi connectivity index (χ1n) is 18.3. The summed E-state index contributed by atoms with van der Waals surface area (Å²) in [6.07, 6.45) is 4.66. The molecular weight excluding hydrogens is 681 g/mol. The molecule has 5 amide bonds. The summed E-state index contributed by atoms with van der Waals surface area (Å²) in [6.45, 7) is 5.80. The molecule has 15 heteroatoms. The molecule has 5 atom stereocenters. The molecule has 0 radical (unpaired) electrons. The standard InChI is InChI=1S/C36H50FN5O8S/c1-35(2,3)18-30(43)38-28-13-8-6-4-5-7-11-23-17-36(23,33(46)40-51(48,49)25-14-15-25)39-31(44)29-16-24(20-42(29)32(28)45)50-34(47)41-19-22-10-9-12-27(37)26(22)21-41/h9-10,12,23-25,28-29H,4-8,11,13-21H2,1-3H3,(H,38,43)(H,39,44)(H,40,46)/t23-,24-,28+,29+,36-/m1/s1.